The number of halogens is 2. The van der Waals surface area contributed by atoms with Crippen molar-refractivity contribution in [3.05, 3.63) is 34.6 Å². The summed E-state index contributed by atoms with van der Waals surface area (Å²) in [5, 5.41) is 3.23. The molecule has 86 valence electrons. The number of ketones is 1. The molecule has 0 aromatic heterocycles. The van der Waals surface area contributed by atoms with Gasteiger partial charge in [0.25, 0.3) is 0 Å². The number of hydrogen-bond acceptors (Lipinski definition) is 2. The van der Waals surface area contributed by atoms with Crippen molar-refractivity contribution in [3.8, 4) is 0 Å². The average Bonchev–Trinajstić information content (AvgIpc) is 2.77. The summed E-state index contributed by atoms with van der Waals surface area (Å²) in [5.74, 6) is -0.342. The van der Waals surface area contributed by atoms with E-state index in [0.717, 1.165) is 19.4 Å². The van der Waals surface area contributed by atoms with Gasteiger partial charge >= 0.3 is 0 Å². The fourth-order valence-corrected chi connectivity index (χ4v) is 2.05. The van der Waals surface area contributed by atoms with Crippen LogP contribution in [0.25, 0.3) is 0 Å². The van der Waals surface area contributed by atoms with E-state index in [-0.39, 0.29) is 23.3 Å². The quantitative estimate of drug-likeness (QED) is 0.880. The summed E-state index contributed by atoms with van der Waals surface area (Å²) >= 11 is 5.57. The third-order valence-electron chi connectivity index (χ3n) is 2.81. The highest BCUT2D eigenvalue weighted by atomic mass is 35.5. The Hall–Kier alpha value is -0.930. The minimum Gasteiger partial charge on any atom is -0.307 e. The first-order valence-corrected chi connectivity index (χ1v) is 5.74. The molecule has 0 bridgehead atoms. The predicted molar refractivity (Wildman–Crippen MR) is 61.1 cm³/mol. The standard InChI is InChI=1S/C12H13ClFNO/c13-9-4-3-8(6-10(9)14)7-12(16)11-2-1-5-15-11/h3-4,6,11,15H,1-2,5,7H2. The van der Waals surface area contributed by atoms with E-state index in [4.69, 9.17) is 11.6 Å². The maximum Gasteiger partial charge on any atom is 0.154 e. The monoisotopic (exact) mass is 241 g/mol. The van der Waals surface area contributed by atoms with Gasteiger partial charge < -0.3 is 5.32 Å². The van der Waals surface area contributed by atoms with Crippen LogP contribution in [0.2, 0.25) is 5.02 Å². The third kappa shape index (κ3) is 2.60. The molecule has 1 atom stereocenters. The first-order valence-electron chi connectivity index (χ1n) is 5.37. The molecule has 0 aliphatic carbocycles. The van der Waals surface area contributed by atoms with Crippen LogP contribution in [0.1, 0.15) is 18.4 Å². The zero-order chi connectivity index (χ0) is 11.5. The van der Waals surface area contributed by atoms with E-state index in [1.165, 1.54) is 12.1 Å². The van der Waals surface area contributed by atoms with Crippen molar-refractivity contribution < 1.29 is 9.18 Å². The number of Topliss-reactive ketones (excluding diaryl/α,β-unsaturated/α-hetero) is 1. The molecular formula is C12H13ClFNO. The summed E-state index contributed by atoms with van der Waals surface area (Å²) in [4.78, 5) is 11.8. The van der Waals surface area contributed by atoms with Gasteiger partial charge in [-0.1, -0.05) is 17.7 Å². The van der Waals surface area contributed by atoms with Gasteiger partial charge in [-0.3, -0.25) is 4.79 Å². The van der Waals surface area contributed by atoms with Crippen molar-refractivity contribution in [1.82, 2.24) is 5.32 Å². The van der Waals surface area contributed by atoms with Gasteiger partial charge in [-0.15, -0.1) is 0 Å². The maximum absolute atomic E-state index is 13.1. The van der Waals surface area contributed by atoms with Gasteiger partial charge in [-0.05, 0) is 37.1 Å². The van der Waals surface area contributed by atoms with Crippen molar-refractivity contribution in [3.63, 3.8) is 0 Å². The Balaban J connectivity index is 2.02. The Bertz CT molecular complexity index is 402. The van der Waals surface area contributed by atoms with Crippen LogP contribution < -0.4 is 5.32 Å². The number of benzene rings is 1. The number of carbonyl (C=O) groups excluding carboxylic acids is 1. The van der Waals surface area contributed by atoms with E-state index >= 15 is 0 Å². The summed E-state index contributed by atoms with van der Waals surface area (Å²) in [7, 11) is 0. The minimum absolute atomic E-state index is 0.0567. The number of carbonyl (C=O) groups is 1. The molecule has 4 heteroatoms. The molecule has 16 heavy (non-hydrogen) atoms. The minimum atomic E-state index is -0.466. The second-order valence-electron chi connectivity index (χ2n) is 4.04. The molecule has 1 aromatic carbocycles. The van der Waals surface area contributed by atoms with Crippen LogP contribution in [0, 0.1) is 5.82 Å². The number of hydrogen-bond donors (Lipinski definition) is 1. The molecule has 1 fully saturated rings. The molecule has 0 spiro atoms. The zero-order valence-corrected chi connectivity index (χ0v) is 9.56. The average molecular weight is 242 g/mol. The molecule has 1 heterocycles. The molecule has 2 nitrogen and oxygen atoms in total. The normalized spacial score (nSPS) is 20.0. The first-order chi connectivity index (χ1) is 7.66. The van der Waals surface area contributed by atoms with Crippen molar-refractivity contribution in [2.45, 2.75) is 25.3 Å². The van der Waals surface area contributed by atoms with Crippen molar-refractivity contribution in [2.75, 3.05) is 6.54 Å². The van der Waals surface area contributed by atoms with Crippen LogP contribution in [-0.4, -0.2) is 18.4 Å². The summed E-state index contributed by atoms with van der Waals surface area (Å²) in [5.41, 5.74) is 0.681. The third-order valence-corrected chi connectivity index (χ3v) is 3.12. The highest BCUT2D eigenvalue weighted by Gasteiger charge is 2.21. The Morgan fingerprint density at radius 2 is 2.38 bits per heavy atom. The number of nitrogens with one attached hydrogen (secondary N) is 1. The lowest BCUT2D eigenvalue weighted by atomic mass is 10.0. The van der Waals surface area contributed by atoms with Crippen LogP contribution in [0.3, 0.4) is 0 Å². The largest absolute Gasteiger partial charge is 0.307 e. The molecule has 0 radical (unpaired) electrons. The van der Waals surface area contributed by atoms with Gasteiger partial charge in [-0.25, -0.2) is 4.39 Å². The van der Waals surface area contributed by atoms with Crippen molar-refractivity contribution >= 4 is 17.4 Å². The summed E-state index contributed by atoms with van der Waals surface area (Å²) in [6.07, 6.45) is 2.19. The maximum atomic E-state index is 13.1. The SMILES string of the molecule is O=C(Cc1ccc(Cl)c(F)c1)C1CCCN1. The van der Waals surface area contributed by atoms with Gasteiger partial charge in [0.05, 0.1) is 11.1 Å². The second-order valence-corrected chi connectivity index (χ2v) is 4.45. The van der Waals surface area contributed by atoms with E-state index < -0.39 is 5.82 Å². The Morgan fingerprint density at radius 3 is 3.00 bits per heavy atom. The van der Waals surface area contributed by atoms with E-state index in [2.05, 4.69) is 5.32 Å². The molecule has 1 aromatic rings. The van der Waals surface area contributed by atoms with Gasteiger partial charge in [0.2, 0.25) is 0 Å². The lowest BCUT2D eigenvalue weighted by molar-refractivity contribution is -0.120. The van der Waals surface area contributed by atoms with Gasteiger partial charge in [0.1, 0.15) is 5.82 Å². The molecule has 0 saturated carbocycles. The molecule has 2 rings (SSSR count). The van der Waals surface area contributed by atoms with Crippen LogP contribution in [0.4, 0.5) is 4.39 Å². The molecule has 0 amide bonds. The number of rotatable bonds is 3. The fourth-order valence-electron chi connectivity index (χ4n) is 1.93. The zero-order valence-electron chi connectivity index (χ0n) is 8.80. The van der Waals surface area contributed by atoms with E-state index in [1.54, 1.807) is 6.07 Å². The molecular weight excluding hydrogens is 229 g/mol. The highest BCUT2D eigenvalue weighted by Crippen LogP contribution is 2.17. The predicted octanol–water partition coefficient (Wildman–Crippen LogP) is 2.34. The van der Waals surface area contributed by atoms with Crippen LogP contribution in [0.5, 0.6) is 0 Å². The van der Waals surface area contributed by atoms with Crippen LogP contribution in [0.15, 0.2) is 18.2 Å². The topological polar surface area (TPSA) is 29.1 Å². The lowest BCUT2D eigenvalue weighted by Gasteiger charge is -2.08. The van der Waals surface area contributed by atoms with E-state index in [9.17, 15) is 9.18 Å². The molecule has 1 aliphatic heterocycles. The van der Waals surface area contributed by atoms with Crippen molar-refractivity contribution in [2.24, 2.45) is 0 Å². The lowest BCUT2D eigenvalue weighted by Crippen LogP contribution is -2.31. The second kappa shape index (κ2) is 4.93. The van der Waals surface area contributed by atoms with Crippen molar-refractivity contribution in [1.29, 1.82) is 0 Å². The molecule has 1 unspecified atom stereocenters. The smallest absolute Gasteiger partial charge is 0.154 e. The summed E-state index contributed by atoms with van der Waals surface area (Å²) in [6.45, 7) is 0.894. The summed E-state index contributed by atoms with van der Waals surface area (Å²) < 4.78 is 13.1. The van der Waals surface area contributed by atoms with E-state index in [0.29, 0.717) is 5.56 Å². The Labute approximate surface area is 98.8 Å². The Morgan fingerprint density at radius 1 is 1.56 bits per heavy atom. The van der Waals surface area contributed by atoms with Gasteiger partial charge in [0.15, 0.2) is 5.78 Å². The first kappa shape index (κ1) is 11.6. The Kier molecular flexibility index (Phi) is 3.56. The van der Waals surface area contributed by atoms with Crippen LogP contribution >= 0.6 is 11.6 Å². The molecule has 1 saturated heterocycles. The fraction of sp³-hybridized carbons (Fsp3) is 0.417. The summed E-state index contributed by atoms with van der Waals surface area (Å²) in [6, 6.07) is 4.45. The molecule has 1 N–H and O–H groups in total. The van der Waals surface area contributed by atoms with E-state index in [1.807, 2.05) is 0 Å². The van der Waals surface area contributed by atoms with Gasteiger partial charge in [0, 0.05) is 6.42 Å². The highest BCUT2D eigenvalue weighted by molar-refractivity contribution is 6.30. The van der Waals surface area contributed by atoms with Crippen LogP contribution in [-0.2, 0) is 11.2 Å². The van der Waals surface area contributed by atoms with Gasteiger partial charge in [-0.2, -0.15) is 0 Å². The molecule has 1 aliphatic rings.